The molecule has 0 bridgehead atoms. The second-order valence-corrected chi connectivity index (χ2v) is 8.64. The van der Waals surface area contributed by atoms with Crippen LogP contribution >= 0.6 is 11.3 Å². The molecule has 0 saturated heterocycles. The Balaban J connectivity index is 1.71. The number of carbonyl (C=O) groups excluding carboxylic acids is 2. The van der Waals surface area contributed by atoms with E-state index in [1.807, 2.05) is 0 Å². The molecule has 2 aromatic carbocycles. The minimum atomic E-state index is -1.27. The number of fused-ring (bicyclic) bond motifs is 1. The van der Waals surface area contributed by atoms with Crippen LogP contribution in [0.15, 0.2) is 64.3 Å². The normalized spacial score (nSPS) is 16.3. The number of aliphatic hydroxyl groups excluding tert-OH is 1. The second-order valence-electron chi connectivity index (χ2n) is 7.63. The van der Waals surface area contributed by atoms with E-state index in [1.165, 1.54) is 42.5 Å². The molecular formula is C24H16F2N2O4S. The van der Waals surface area contributed by atoms with Crippen molar-refractivity contribution in [2.75, 3.05) is 4.90 Å². The predicted octanol–water partition coefficient (Wildman–Crippen LogP) is 5.57. The smallest absolute Gasteiger partial charge is 0.296 e. The third kappa shape index (κ3) is 3.32. The molecule has 9 heteroatoms. The maximum atomic E-state index is 14.9. The third-order valence-corrected chi connectivity index (χ3v) is 6.50. The topological polar surface area (TPSA) is 83.6 Å². The number of hydrogen-bond donors (Lipinski definition) is 1. The molecule has 1 aliphatic heterocycles. The van der Waals surface area contributed by atoms with Crippen molar-refractivity contribution in [3.05, 3.63) is 94.1 Å². The maximum absolute atomic E-state index is 14.9. The molecule has 1 N–H and O–H groups in total. The molecule has 0 fully saturated rings. The average molecular weight is 466 g/mol. The van der Waals surface area contributed by atoms with Crippen LogP contribution in [0.2, 0.25) is 0 Å². The lowest BCUT2D eigenvalue weighted by atomic mass is 9.92. The number of ketones is 1. The standard InChI is InChI=1S/C24H16F2N2O4S/c1-11-9-15(12(2)32-11)21(29)19-20(14-5-3-4-6-16(14)26)28(23(31)22(19)30)24-27-17-8-7-13(25)10-18(17)33-24/h3-10,20,30H,1-2H3. The van der Waals surface area contributed by atoms with Crippen molar-refractivity contribution in [2.24, 2.45) is 0 Å². The van der Waals surface area contributed by atoms with Crippen LogP contribution in [0.3, 0.4) is 0 Å². The van der Waals surface area contributed by atoms with Crippen molar-refractivity contribution in [3.63, 3.8) is 0 Å². The number of nitrogens with zero attached hydrogens (tertiary/aromatic N) is 2. The van der Waals surface area contributed by atoms with Gasteiger partial charge in [0, 0.05) is 5.56 Å². The Morgan fingerprint density at radius 1 is 1.15 bits per heavy atom. The van der Waals surface area contributed by atoms with E-state index < -0.39 is 35.1 Å². The van der Waals surface area contributed by atoms with E-state index in [9.17, 15) is 23.5 Å². The van der Waals surface area contributed by atoms with Crippen LogP contribution in [-0.2, 0) is 4.79 Å². The highest BCUT2D eigenvalue weighted by molar-refractivity contribution is 7.22. The van der Waals surface area contributed by atoms with Gasteiger partial charge >= 0.3 is 0 Å². The van der Waals surface area contributed by atoms with Gasteiger partial charge in [0.2, 0.25) is 0 Å². The monoisotopic (exact) mass is 466 g/mol. The molecule has 1 atom stereocenters. The third-order valence-electron chi connectivity index (χ3n) is 5.48. The van der Waals surface area contributed by atoms with Gasteiger partial charge in [0.05, 0.1) is 21.4 Å². The van der Waals surface area contributed by atoms with E-state index in [0.29, 0.717) is 21.7 Å². The summed E-state index contributed by atoms with van der Waals surface area (Å²) in [6.45, 7) is 3.26. The van der Waals surface area contributed by atoms with Crippen LogP contribution in [0.25, 0.3) is 10.2 Å². The number of carbonyl (C=O) groups is 2. The van der Waals surface area contributed by atoms with E-state index >= 15 is 0 Å². The minimum absolute atomic E-state index is 0.0153. The molecule has 1 amide bonds. The summed E-state index contributed by atoms with van der Waals surface area (Å²) in [5.41, 5.74) is 0.328. The number of rotatable bonds is 4. The van der Waals surface area contributed by atoms with Gasteiger partial charge in [0.1, 0.15) is 29.2 Å². The lowest BCUT2D eigenvalue weighted by Crippen LogP contribution is -2.31. The molecule has 0 aliphatic carbocycles. The molecule has 0 spiro atoms. The molecule has 6 nitrogen and oxygen atoms in total. The molecule has 4 aromatic rings. The van der Waals surface area contributed by atoms with Crippen LogP contribution in [0.1, 0.15) is 33.5 Å². The summed E-state index contributed by atoms with van der Waals surface area (Å²) in [6, 6.07) is 9.89. The summed E-state index contributed by atoms with van der Waals surface area (Å²) >= 11 is 1.000. The first kappa shape index (κ1) is 21.0. The van der Waals surface area contributed by atoms with E-state index in [1.54, 1.807) is 19.9 Å². The van der Waals surface area contributed by atoms with Crippen molar-refractivity contribution < 1.29 is 27.9 Å². The molecule has 3 heterocycles. The Bertz CT molecular complexity index is 1490. The number of Topliss-reactive ketones (excluding diaryl/α,β-unsaturated/α-hetero) is 1. The molecule has 166 valence electrons. The molecule has 1 aliphatic rings. The summed E-state index contributed by atoms with van der Waals surface area (Å²) in [6.07, 6.45) is 0. The van der Waals surface area contributed by atoms with Gasteiger partial charge in [-0.2, -0.15) is 0 Å². The highest BCUT2D eigenvalue weighted by Gasteiger charge is 2.47. The summed E-state index contributed by atoms with van der Waals surface area (Å²) in [5.74, 6) is -2.69. The van der Waals surface area contributed by atoms with Gasteiger partial charge in [-0.05, 0) is 44.2 Å². The molecule has 33 heavy (non-hydrogen) atoms. The highest BCUT2D eigenvalue weighted by atomic mass is 32.1. The fourth-order valence-electron chi connectivity index (χ4n) is 4.02. The number of benzene rings is 2. The second kappa shape index (κ2) is 7.63. The molecule has 5 rings (SSSR count). The lowest BCUT2D eigenvalue weighted by Gasteiger charge is -2.24. The summed E-state index contributed by atoms with van der Waals surface area (Å²) in [5, 5.41) is 10.9. The first-order valence-corrected chi connectivity index (χ1v) is 10.8. The Morgan fingerprint density at radius 2 is 1.91 bits per heavy atom. The minimum Gasteiger partial charge on any atom is -0.503 e. The predicted molar refractivity (Wildman–Crippen MR) is 118 cm³/mol. The maximum Gasteiger partial charge on any atom is 0.296 e. The van der Waals surface area contributed by atoms with Crippen molar-refractivity contribution in [1.29, 1.82) is 0 Å². The molecule has 0 radical (unpaired) electrons. The highest BCUT2D eigenvalue weighted by Crippen LogP contribution is 2.45. The van der Waals surface area contributed by atoms with Crippen LogP contribution in [0.5, 0.6) is 0 Å². The van der Waals surface area contributed by atoms with Crippen LogP contribution in [0.4, 0.5) is 13.9 Å². The Hall–Kier alpha value is -3.85. The van der Waals surface area contributed by atoms with Crippen LogP contribution in [0, 0.1) is 25.5 Å². The van der Waals surface area contributed by atoms with Crippen LogP contribution in [-0.4, -0.2) is 21.8 Å². The number of anilines is 1. The lowest BCUT2D eigenvalue weighted by molar-refractivity contribution is -0.117. The number of thiazole rings is 1. The Morgan fingerprint density at radius 3 is 2.61 bits per heavy atom. The number of hydrogen-bond acceptors (Lipinski definition) is 6. The zero-order valence-corrected chi connectivity index (χ0v) is 18.2. The fraction of sp³-hybridized carbons (Fsp3) is 0.125. The number of aromatic nitrogens is 1. The number of halogens is 2. The molecular weight excluding hydrogens is 450 g/mol. The first-order chi connectivity index (χ1) is 15.8. The average Bonchev–Trinajstić information content (AvgIpc) is 3.41. The van der Waals surface area contributed by atoms with Gasteiger partial charge < -0.3 is 9.52 Å². The SMILES string of the molecule is Cc1cc(C(=O)C2=C(O)C(=O)N(c3nc4ccc(F)cc4s3)C2c2ccccc2F)c(C)o1. The van der Waals surface area contributed by atoms with Gasteiger partial charge in [0.15, 0.2) is 16.7 Å². The van der Waals surface area contributed by atoms with Gasteiger partial charge in [-0.1, -0.05) is 29.5 Å². The van der Waals surface area contributed by atoms with Gasteiger partial charge in [-0.25, -0.2) is 13.8 Å². The van der Waals surface area contributed by atoms with Crippen molar-refractivity contribution in [2.45, 2.75) is 19.9 Å². The number of furan rings is 1. The molecule has 0 saturated carbocycles. The van der Waals surface area contributed by atoms with Gasteiger partial charge in [-0.15, -0.1) is 0 Å². The van der Waals surface area contributed by atoms with Crippen molar-refractivity contribution >= 4 is 38.4 Å². The van der Waals surface area contributed by atoms with Crippen molar-refractivity contribution in [1.82, 2.24) is 4.98 Å². The number of amides is 1. The summed E-state index contributed by atoms with van der Waals surface area (Å²) in [7, 11) is 0. The largest absolute Gasteiger partial charge is 0.503 e. The number of aryl methyl sites for hydroxylation is 2. The van der Waals surface area contributed by atoms with Gasteiger partial charge in [0.25, 0.3) is 5.91 Å². The summed E-state index contributed by atoms with van der Waals surface area (Å²) in [4.78, 5) is 32.1. The summed E-state index contributed by atoms with van der Waals surface area (Å²) < 4.78 is 34.5. The number of aliphatic hydroxyl groups is 1. The van der Waals surface area contributed by atoms with E-state index in [-0.39, 0.29) is 21.8 Å². The van der Waals surface area contributed by atoms with E-state index in [0.717, 1.165) is 16.2 Å². The van der Waals surface area contributed by atoms with E-state index in [2.05, 4.69) is 4.98 Å². The Labute approximate surface area is 190 Å². The fourth-order valence-corrected chi connectivity index (χ4v) is 5.03. The van der Waals surface area contributed by atoms with Crippen LogP contribution < -0.4 is 4.90 Å². The zero-order valence-electron chi connectivity index (χ0n) is 17.4. The Kier molecular flexibility index (Phi) is 4.86. The first-order valence-electron chi connectivity index (χ1n) is 9.95. The molecule has 1 unspecified atom stereocenters. The zero-order chi connectivity index (χ0) is 23.4. The van der Waals surface area contributed by atoms with Gasteiger partial charge in [-0.3, -0.25) is 14.5 Å². The van der Waals surface area contributed by atoms with Crippen molar-refractivity contribution in [3.8, 4) is 0 Å². The van der Waals surface area contributed by atoms with E-state index in [4.69, 9.17) is 4.42 Å². The molecule has 2 aromatic heterocycles. The quantitative estimate of drug-likeness (QED) is 0.398.